The van der Waals surface area contributed by atoms with Crippen LogP contribution in [-0.4, -0.2) is 79.1 Å². The molecule has 246 valence electrons. The molecule has 3 heterocycles. The molecule has 3 aromatic carbocycles. The molecule has 0 bridgehead atoms. The summed E-state index contributed by atoms with van der Waals surface area (Å²) >= 11 is 0. The highest BCUT2D eigenvalue weighted by molar-refractivity contribution is 7.68. The number of aliphatic imine (C=N–C) groups is 1. The van der Waals surface area contributed by atoms with Crippen LogP contribution in [0.1, 0.15) is 57.6 Å². The molecule has 2 fully saturated rings. The van der Waals surface area contributed by atoms with Gasteiger partial charge in [0.1, 0.15) is 24.4 Å². The molecule has 0 N–H and O–H groups in total. The summed E-state index contributed by atoms with van der Waals surface area (Å²) in [5, 5.41) is 2.31. The zero-order valence-corrected chi connectivity index (χ0v) is 28.6. The molecule has 8 nitrogen and oxygen atoms in total. The highest BCUT2D eigenvalue weighted by Crippen LogP contribution is 2.45. The van der Waals surface area contributed by atoms with Crippen LogP contribution in [0.3, 0.4) is 0 Å². The van der Waals surface area contributed by atoms with Crippen molar-refractivity contribution < 1.29 is 23.5 Å². The highest BCUT2D eigenvalue weighted by Gasteiger charge is 2.54. The second-order valence-electron chi connectivity index (χ2n) is 12.1. The van der Waals surface area contributed by atoms with E-state index in [9.17, 15) is 0 Å². The zero-order valence-electron chi connectivity index (χ0n) is 27.7. The lowest BCUT2D eigenvalue weighted by atomic mass is 9.96. The van der Waals surface area contributed by atoms with Crippen LogP contribution in [0.2, 0.25) is 0 Å². The number of rotatable bonds is 13. The van der Waals surface area contributed by atoms with Gasteiger partial charge in [0.15, 0.2) is 12.2 Å². The third-order valence-electron chi connectivity index (χ3n) is 9.17. The first-order valence-corrected chi connectivity index (χ1v) is 18.0. The van der Waals surface area contributed by atoms with Crippen molar-refractivity contribution in [2.24, 2.45) is 4.99 Å². The number of nitrogens with zero attached hydrogens (tertiary/aromatic N) is 3. The third-order valence-corrected chi connectivity index (χ3v) is 11.2. The average Bonchev–Trinajstić information content (AvgIpc) is 3.48. The summed E-state index contributed by atoms with van der Waals surface area (Å²) in [6.45, 7) is 17.1. The largest absolute Gasteiger partial charge is 0.450 e. The van der Waals surface area contributed by atoms with Gasteiger partial charge in [-0.2, -0.15) is 0 Å². The lowest BCUT2D eigenvalue weighted by molar-refractivity contribution is -0.326. The van der Waals surface area contributed by atoms with Crippen molar-refractivity contribution >= 4 is 24.7 Å². The fourth-order valence-electron chi connectivity index (χ4n) is 6.38. The lowest BCUT2D eigenvalue weighted by Crippen LogP contribution is -2.61. The molecule has 2 saturated heterocycles. The molecular weight excluding hydrogens is 597 g/mol. The van der Waals surface area contributed by atoms with Crippen molar-refractivity contribution in [2.75, 3.05) is 32.8 Å². The lowest BCUT2D eigenvalue weighted by Gasteiger charge is -2.47. The maximum atomic E-state index is 7.30. The second kappa shape index (κ2) is 15.5. The Labute approximate surface area is 275 Å². The Hall–Kier alpha value is -2.68. The smallest absolute Gasteiger partial charge is 0.227 e. The molecular formula is C37H48N3O5P. The first-order valence-electron chi connectivity index (χ1n) is 16.8. The summed E-state index contributed by atoms with van der Waals surface area (Å²) in [7, 11) is -1.22. The molecule has 0 radical (unpaired) electrons. The van der Waals surface area contributed by atoms with Crippen LogP contribution in [0.4, 0.5) is 0 Å². The van der Waals surface area contributed by atoms with E-state index in [0.29, 0.717) is 12.5 Å². The van der Waals surface area contributed by atoms with Crippen LogP contribution in [0.15, 0.2) is 83.9 Å². The molecule has 6 atom stereocenters. The van der Waals surface area contributed by atoms with Crippen molar-refractivity contribution in [3.05, 3.63) is 95.6 Å². The predicted octanol–water partition coefficient (Wildman–Crippen LogP) is 5.76. The number of hydrogen-bond donors (Lipinski definition) is 0. The molecule has 6 rings (SSSR count). The van der Waals surface area contributed by atoms with E-state index in [1.807, 2.05) is 37.3 Å². The number of ether oxygens (including phenoxy) is 4. The summed E-state index contributed by atoms with van der Waals surface area (Å²) in [4.78, 5) is 9.73. The Morgan fingerprint density at radius 1 is 0.761 bits per heavy atom. The molecule has 46 heavy (non-hydrogen) atoms. The van der Waals surface area contributed by atoms with Gasteiger partial charge < -0.3 is 23.5 Å². The predicted molar refractivity (Wildman–Crippen MR) is 184 cm³/mol. The molecule has 3 aliphatic rings. The molecule has 0 amide bonds. The summed E-state index contributed by atoms with van der Waals surface area (Å²) in [5.74, 6) is 0.605. The minimum atomic E-state index is -1.22. The van der Waals surface area contributed by atoms with Gasteiger partial charge in [-0.15, -0.1) is 0 Å². The van der Waals surface area contributed by atoms with Gasteiger partial charge in [-0.3, -0.25) is 9.80 Å². The Morgan fingerprint density at radius 2 is 1.33 bits per heavy atom. The van der Waals surface area contributed by atoms with E-state index in [-0.39, 0.29) is 18.2 Å². The van der Waals surface area contributed by atoms with Gasteiger partial charge >= 0.3 is 0 Å². The number of fused-ring (bicyclic) bond motifs is 2. The SMILES string of the molecule is CCN(CC)Cc1ccc(P(O[C@@H]2[C@H]3N=C(C)O[C@H]3O[C@@H]3COC(c4ccccc4)O[C@@H]23)c2ccc(CN(CC)CC)cc2)cc1. The standard InChI is InChI=1S/C37H48N3O5P/c1-6-39(7-2)23-27-15-19-30(20-16-27)46(31-21-17-28(18-22-31)24-40(8-3)9-4)45-35-33-37(42-26(5)38-33)43-32-25-41-36(44-34(32)35)29-13-11-10-12-14-29/h10-22,32-37H,6-9,23-25H2,1-5H3/t32-,33-,34-,35-,36?,37+/m1/s1. The summed E-state index contributed by atoms with van der Waals surface area (Å²) in [6.07, 6.45) is -2.15. The maximum Gasteiger partial charge on any atom is 0.227 e. The molecule has 9 heteroatoms. The van der Waals surface area contributed by atoms with Crippen LogP contribution >= 0.6 is 8.15 Å². The second-order valence-corrected chi connectivity index (χ2v) is 13.9. The normalized spacial score (nSPS) is 25.8. The minimum Gasteiger partial charge on any atom is -0.450 e. The van der Waals surface area contributed by atoms with E-state index < -0.39 is 26.8 Å². The van der Waals surface area contributed by atoms with Crippen LogP contribution in [0, 0.1) is 0 Å². The molecule has 0 saturated carbocycles. The van der Waals surface area contributed by atoms with Gasteiger partial charge in [0.2, 0.25) is 6.29 Å². The fourth-order valence-corrected chi connectivity index (χ4v) is 8.25. The van der Waals surface area contributed by atoms with Crippen molar-refractivity contribution in [1.82, 2.24) is 9.80 Å². The summed E-state index contributed by atoms with van der Waals surface area (Å²) in [6, 6.07) is 27.6. The highest BCUT2D eigenvalue weighted by atomic mass is 31.1. The number of hydrogen-bond acceptors (Lipinski definition) is 8. The minimum absolute atomic E-state index is 0.336. The first-order chi connectivity index (χ1) is 22.5. The summed E-state index contributed by atoms with van der Waals surface area (Å²) in [5.41, 5.74) is 3.57. The van der Waals surface area contributed by atoms with E-state index in [2.05, 4.69) is 86.0 Å². The Bertz CT molecular complexity index is 1360. The average molecular weight is 646 g/mol. The molecule has 0 spiro atoms. The van der Waals surface area contributed by atoms with Crippen LogP contribution < -0.4 is 10.6 Å². The van der Waals surface area contributed by atoms with Crippen molar-refractivity contribution in [2.45, 2.75) is 84.6 Å². The van der Waals surface area contributed by atoms with E-state index in [1.165, 1.54) is 11.1 Å². The van der Waals surface area contributed by atoms with Crippen LogP contribution in [-0.2, 0) is 36.6 Å². The maximum absolute atomic E-state index is 7.30. The zero-order chi connectivity index (χ0) is 32.0. The van der Waals surface area contributed by atoms with Crippen molar-refractivity contribution in [1.29, 1.82) is 0 Å². The first kappa shape index (κ1) is 33.2. The monoisotopic (exact) mass is 645 g/mol. The quantitative estimate of drug-likeness (QED) is 0.219. The van der Waals surface area contributed by atoms with Gasteiger partial charge in [0.05, 0.1) is 14.8 Å². The van der Waals surface area contributed by atoms with E-state index in [1.54, 1.807) is 0 Å². The Morgan fingerprint density at radius 3 is 1.87 bits per heavy atom. The van der Waals surface area contributed by atoms with Crippen LogP contribution in [0.5, 0.6) is 0 Å². The molecule has 0 aliphatic carbocycles. The number of benzene rings is 3. The van der Waals surface area contributed by atoms with E-state index >= 15 is 0 Å². The molecule has 3 aromatic rings. The van der Waals surface area contributed by atoms with Gasteiger partial charge in [-0.25, -0.2) is 4.99 Å². The van der Waals surface area contributed by atoms with E-state index in [4.69, 9.17) is 28.5 Å². The van der Waals surface area contributed by atoms with Gasteiger partial charge in [-0.05, 0) is 37.3 Å². The van der Waals surface area contributed by atoms with Crippen molar-refractivity contribution in [3.8, 4) is 0 Å². The topological polar surface area (TPSA) is 65.0 Å². The molecule has 1 unspecified atom stereocenters. The van der Waals surface area contributed by atoms with Gasteiger partial charge in [0, 0.05) is 36.2 Å². The Balaban J connectivity index is 1.33. The third kappa shape index (κ3) is 7.55. The molecule has 3 aliphatic heterocycles. The van der Waals surface area contributed by atoms with Crippen molar-refractivity contribution in [3.63, 3.8) is 0 Å². The van der Waals surface area contributed by atoms with E-state index in [0.717, 1.165) is 55.4 Å². The Kier molecular flexibility index (Phi) is 11.2. The van der Waals surface area contributed by atoms with Crippen LogP contribution in [0.25, 0.3) is 0 Å². The molecule has 0 aromatic heterocycles. The van der Waals surface area contributed by atoms with Gasteiger partial charge in [-0.1, -0.05) is 107 Å². The fraction of sp³-hybridized carbons (Fsp3) is 0.486. The summed E-state index contributed by atoms with van der Waals surface area (Å²) < 4.78 is 32.5. The van der Waals surface area contributed by atoms with Gasteiger partial charge in [0.25, 0.3) is 0 Å².